The van der Waals surface area contributed by atoms with Gasteiger partial charge in [-0.05, 0) is 52.9 Å². The number of aromatic nitrogens is 1. The van der Waals surface area contributed by atoms with E-state index in [1.54, 1.807) is 12.1 Å². The van der Waals surface area contributed by atoms with Gasteiger partial charge >= 0.3 is 0 Å². The van der Waals surface area contributed by atoms with Gasteiger partial charge in [-0.3, -0.25) is 0 Å². The van der Waals surface area contributed by atoms with Gasteiger partial charge in [-0.1, -0.05) is 0 Å². The van der Waals surface area contributed by atoms with E-state index >= 15 is 0 Å². The standard InChI is InChI=1S/C14H11FIN3O2/c1-21-14(20)10-4-3-9(7-17)18-13(10)19-12-5-2-8(16)6-11(12)15/h2-6,14,20H,1H3,(H,18,19). The van der Waals surface area contributed by atoms with Crippen molar-refractivity contribution in [2.45, 2.75) is 6.29 Å². The summed E-state index contributed by atoms with van der Waals surface area (Å²) in [6, 6.07) is 9.50. The van der Waals surface area contributed by atoms with Crippen LogP contribution in [-0.4, -0.2) is 17.2 Å². The van der Waals surface area contributed by atoms with E-state index in [0.717, 1.165) is 3.57 Å². The molecule has 1 unspecified atom stereocenters. The highest BCUT2D eigenvalue weighted by Gasteiger charge is 2.15. The quantitative estimate of drug-likeness (QED) is 0.611. The Morgan fingerprint density at radius 3 is 2.81 bits per heavy atom. The number of nitriles is 1. The molecule has 2 rings (SSSR count). The molecular formula is C14H11FIN3O2. The molecule has 1 atom stereocenters. The third-order valence-corrected chi connectivity index (χ3v) is 3.39. The highest BCUT2D eigenvalue weighted by Crippen LogP contribution is 2.27. The Kier molecular flexibility index (Phi) is 5.06. The summed E-state index contributed by atoms with van der Waals surface area (Å²) in [7, 11) is 1.33. The van der Waals surface area contributed by atoms with Crippen molar-refractivity contribution in [3.8, 4) is 6.07 Å². The van der Waals surface area contributed by atoms with Gasteiger partial charge in [0.2, 0.25) is 0 Å². The van der Waals surface area contributed by atoms with Gasteiger partial charge in [-0.2, -0.15) is 5.26 Å². The fraction of sp³-hybridized carbons (Fsp3) is 0.143. The van der Waals surface area contributed by atoms with Crippen molar-refractivity contribution in [3.05, 3.63) is 51.0 Å². The smallest absolute Gasteiger partial charge is 0.184 e. The number of hydrogen-bond donors (Lipinski definition) is 2. The van der Waals surface area contributed by atoms with Gasteiger partial charge in [0.05, 0.1) is 11.3 Å². The number of methoxy groups -OCH3 is 1. The number of anilines is 2. The van der Waals surface area contributed by atoms with E-state index in [-0.39, 0.29) is 17.2 Å². The predicted octanol–water partition coefficient (Wildman–Crippen LogP) is 3.08. The number of ether oxygens (including phenoxy) is 1. The van der Waals surface area contributed by atoms with Crippen LogP contribution in [-0.2, 0) is 4.74 Å². The van der Waals surface area contributed by atoms with Crippen LogP contribution in [0.3, 0.4) is 0 Å². The fourth-order valence-electron chi connectivity index (χ4n) is 1.68. The molecule has 5 nitrogen and oxygen atoms in total. The van der Waals surface area contributed by atoms with Crippen molar-refractivity contribution in [2.75, 3.05) is 12.4 Å². The molecule has 0 saturated heterocycles. The first kappa shape index (κ1) is 15.6. The van der Waals surface area contributed by atoms with Crippen LogP contribution in [0.2, 0.25) is 0 Å². The number of nitrogens with one attached hydrogen (secondary N) is 1. The lowest BCUT2D eigenvalue weighted by Gasteiger charge is -2.15. The molecule has 1 aromatic carbocycles. The zero-order chi connectivity index (χ0) is 15.4. The minimum Gasteiger partial charge on any atom is -0.364 e. The minimum absolute atomic E-state index is 0.149. The molecule has 1 heterocycles. The maximum absolute atomic E-state index is 13.9. The Morgan fingerprint density at radius 2 is 2.19 bits per heavy atom. The third-order valence-electron chi connectivity index (χ3n) is 2.71. The molecule has 0 spiro atoms. The minimum atomic E-state index is -1.22. The molecule has 0 amide bonds. The number of nitrogens with zero attached hydrogens (tertiary/aromatic N) is 2. The summed E-state index contributed by atoms with van der Waals surface area (Å²) in [5, 5.41) is 21.5. The number of halogens is 2. The van der Waals surface area contributed by atoms with E-state index in [4.69, 9.17) is 10.00 Å². The second-order valence-electron chi connectivity index (χ2n) is 4.08. The molecule has 1 aromatic heterocycles. The van der Waals surface area contributed by atoms with Crippen LogP contribution >= 0.6 is 22.6 Å². The van der Waals surface area contributed by atoms with Crippen LogP contribution in [0.1, 0.15) is 17.5 Å². The molecule has 0 aliphatic carbocycles. The Morgan fingerprint density at radius 1 is 1.43 bits per heavy atom. The maximum atomic E-state index is 13.9. The second kappa shape index (κ2) is 6.80. The maximum Gasteiger partial charge on any atom is 0.184 e. The lowest BCUT2D eigenvalue weighted by Crippen LogP contribution is -2.07. The molecule has 0 bridgehead atoms. The third kappa shape index (κ3) is 3.66. The molecular weight excluding hydrogens is 388 g/mol. The Labute approximate surface area is 134 Å². The summed E-state index contributed by atoms with van der Waals surface area (Å²) in [6.45, 7) is 0. The molecule has 0 fully saturated rings. The summed E-state index contributed by atoms with van der Waals surface area (Å²) in [6.07, 6.45) is -1.22. The van der Waals surface area contributed by atoms with Gasteiger partial charge in [0.1, 0.15) is 23.4 Å². The zero-order valence-electron chi connectivity index (χ0n) is 11.0. The van der Waals surface area contributed by atoms with Crippen LogP contribution in [0.5, 0.6) is 0 Å². The Hall–Kier alpha value is -1.76. The first-order valence-corrected chi connectivity index (χ1v) is 6.97. The average Bonchev–Trinajstić information content (AvgIpc) is 2.49. The predicted molar refractivity (Wildman–Crippen MR) is 83.3 cm³/mol. The highest BCUT2D eigenvalue weighted by atomic mass is 127. The second-order valence-corrected chi connectivity index (χ2v) is 5.33. The molecule has 2 aromatic rings. The first-order valence-electron chi connectivity index (χ1n) is 5.89. The van der Waals surface area contributed by atoms with Crippen molar-refractivity contribution in [1.29, 1.82) is 5.26 Å². The average molecular weight is 399 g/mol. The van der Waals surface area contributed by atoms with Gasteiger partial charge in [-0.15, -0.1) is 0 Å². The number of pyridine rings is 1. The van der Waals surface area contributed by atoms with Crippen LogP contribution in [0, 0.1) is 20.7 Å². The van der Waals surface area contributed by atoms with Crippen LogP contribution in [0.25, 0.3) is 0 Å². The number of rotatable bonds is 4. The largest absolute Gasteiger partial charge is 0.364 e. The van der Waals surface area contributed by atoms with E-state index in [0.29, 0.717) is 5.56 Å². The summed E-state index contributed by atoms with van der Waals surface area (Å²) < 4.78 is 19.5. The van der Waals surface area contributed by atoms with E-state index in [1.807, 2.05) is 28.7 Å². The molecule has 0 radical (unpaired) electrons. The normalized spacial score (nSPS) is 11.8. The molecule has 2 N–H and O–H groups in total. The van der Waals surface area contributed by atoms with Crippen molar-refractivity contribution in [2.24, 2.45) is 0 Å². The van der Waals surface area contributed by atoms with Gasteiger partial charge in [-0.25, -0.2) is 9.37 Å². The molecule has 7 heteroatoms. The van der Waals surface area contributed by atoms with E-state index in [2.05, 4.69) is 10.3 Å². The van der Waals surface area contributed by atoms with Gasteiger partial charge in [0.15, 0.2) is 6.29 Å². The van der Waals surface area contributed by atoms with E-state index in [1.165, 1.54) is 25.3 Å². The van der Waals surface area contributed by atoms with Crippen molar-refractivity contribution < 1.29 is 14.2 Å². The summed E-state index contributed by atoms with van der Waals surface area (Å²) in [5.41, 5.74) is 0.660. The van der Waals surface area contributed by atoms with Gasteiger partial charge in [0.25, 0.3) is 0 Å². The molecule has 21 heavy (non-hydrogen) atoms. The summed E-state index contributed by atoms with van der Waals surface area (Å²) in [4.78, 5) is 4.04. The SMILES string of the molecule is COC(O)c1ccc(C#N)nc1Nc1ccc(I)cc1F. The monoisotopic (exact) mass is 399 g/mol. The molecule has 0 saturated carbocycles. The van der Waals surface area contributed by atoms with Gasteiger partial charge in [0, 0.05) is 10.7 Å². The van der Waals surface area contributed by atoms with Crippen molar-refractivity contribution in [3.63, 3.8) is 0 Å². The lowest BCUT2D eigenvalue weighted by molar-refractivity contribution is -0.0765. The lowest BCUT2D eigenvalue weighted by atomic mass is 10.2. The first-order chi connectivity index (χ1) is 10.0. The number of aliphatic hydroxyl groups excluding tert-OH is 1. The molecule has 0 aliphatic heterocycles. The zero-order valence-corrected chi connectivity index (χ0v) is 13.1. The van der Waals surface area contributed by atoms with Crippen molar-refractivity contribution >= 4 is 34.1 Å². The Bertz CT molecular complexity index is 703. The van der Waals surface area contributed by atoms with Crippen molar-refractivity contribution in [1.82, 2.24) is 4.98 Å². The van der Waals surface area contributed by atoms with Gasteiger partial charge < -0.3 is 15.2 Å². The van der Waals surface area contributed by atoms with E-state index in [9.17, 15) is 9.50 Å². The molecule has 0 aliphatic rings. The van der Waals surface area contributed by atoms with Crippen LogP contribution in [0.15, 0.2) is 30.3 Å². The topological polar surface area (TPSA) is 78.2 Å². The Balaban J connectivity index is 2.44. The highest BCUT2D eigenvalue weighted by molar-refractivity contribution is 14.1. The summed E-state index contributed by atoms with van der Waals surface area (Å²) >= 11 is 2.00. The summed E-state index contributed by atoms with van der Waals surface area (Å²) in [5.74, 6) is -0.285. The van der Waals surface area contributed by atoms with E-state index < -0.39 is 12.1 Å². The molecule has 108 valence electrons. The number of aliphatic hydroxyl groups is 1. The number of hydrogen-bond acceptors (Lipinski definition) is 5. The number of benzene rings is 1. The van der Waals surface area contributed by atoms with Crippen LogP contribution < -0.4 is 5.32 Å². The fourth-order valence-corrected chi connectivity index (χ4v) is 2.13. The van der Waals surface area contributed by atoms with Crippen LogP contribution in [0.4, 0.5) is 15.9 Å².